The van der Waals surface area contributed by atoms with Gasteiger partial charge in [0.05, 0.1) is 13.3 Å². The van der Waals surface area contributed by atoms with Crippen LogP contribution in [0.2, 0.25) is 0 Å². The number of aryl methyl sites for hydroxylation is 1. The fourth-order valence-electron chi connectivity index (χ4n) is 2.25. The third-order valence-electron chi connectivity index (χ3n) is 3.47. The van der Waals surface area contributed by atoms with Crippen LogP contribution in [0.15, 0.2) is 30.7 Å². The van der Waals surface area contributed by atoms with Gasteiger partial charge < -0.3 is 10.1 Å². The topological polar surface area (TPSA) is 52.0 Å². The second-order valence-corrected chi connectivity index (χ2v) is 5.05. The van der Waals surface area contributed by atoms with Crippen molar-refractivity contribution >= 4 is 0 Å². The Morgan fingerprint density at radius 2 is 2.14 bits per heavy atom. The van der Waals surface area contributed by atoms with Gasteiger partial charge in [-0.15, -0.1) is 0 Å². The van der Waals surface area contributed by atoms with E-state index in [0.717, 1.165) is 25.9 Å². The van der Waals surface area contributed by atoms with E-state index in [1.807, 2.05) is 23.1 Å². The number of methoxy groups -OCH3 is 1. The van der Waals surface area contributed by atoms with Gasteiger partial charge in [-0.1, -0.05) is 13.0 Å². The van der Waals surface area contributed by atoms with Crippen LogP contribution in [-0.4, -0.2) is 28.4 Å². The fourth-order valence-corrected chi connectivity index (χ4v) is 2.25. The highest BCUT2D eigenvalue weighted by atomic mass is 16.5. The molecule has 2 aromatic rings. The van der Waals surface area contributed by atoms with Gasteiger partial charge in [-0.2, -0.15) is 5.10 Å². The van der Waals surface area contributed by atoms with E-state index in [1.54, 1.807) is 7.11 Å². The molecule has 0 aliphatic heterocycles. The Labute approximate surface area is 126 Å². The van der Waals surface area contributed by atoms with Crippen LogP contribution >= 0.6 is 0 Å². The molecule has 0 bridgehead atoms. The van der Waals surface area contributed by atoms with Crippen LogP contribution in [0.4, 0.5) is 0 Å². The molecule has 5 nitrogen and oxygen atoms in total. The number of ether oxygens (including phenoxy) is 1. The summed E-state index contributed by atoms with van der Waals surface area (Å²) in [6.07, 6.45) is 7.95. The van der Waals surface area contributed by atoms with Crippen LogP contribution in [0.25, 0.3) is 0 Å². The molecule has 1 N–H and O–H groups in total. The molecule has 2 aromatic heterocycles. The maximum atomic E-state index is 5.10. The van der Waals surface area contributed by atoms with Crippen molar-refractivity contribution in [2.45, 2.75) is 39.3 Å². The van der Waals surface area contributed by atoms with E-state index in [9.17, 15) is 0 Å². The first-order valence-electron chi connectivity index (χ1n) is 7.51. The van der Waals surface area contributed by atoms with Gasteiger partial charge in [-0.3, -0.25) is 4.68 Å². The van der Waals surface area contributed by atoms with Crippen LogP contribution in [0.3, 0.4) is 0 Å². The first-order chi connectivity index (χ1) is 10.3. The molecule has 2 rings (SSSR count). The molecular formula is C16H24N4O. The van der Waals surface area contributed by atoms with Crippen molar-refractivity contribution in [3.05, 3.63) is 41.9 Å². The summed E-state index contributed by atoms with van der Waals surface area (Å²) in [6, 6.07) is 4.23. The van der Waals surface area contributed by atoms with Crippen molar-refractivity contribution in [2.24, 2.45) is 0 Å². The van der Waals surface area contributed by atoms with Gasteiger partial charge in [-0.05, 0) is 31.9 Å². The normalized spacial score (nSPS) is 12.3. The first kappa shape index (κ1) is 15.5. The Hall–Kier alpha value is -1.88. The van der Waals surface area contributed by atoms with Crippen molar-refractivity contribution in [1.82, 2.24) is 20.1 Å². The van der Waals surface area contributed by atoms with Gasteiger partial charge in [0, 0.05) is 36.6 Å². The highest BCUT2D eigenvalue weighted by Crippen LogP contribution is 2.19. The SMILES string of the molecule is CCCNC(Cc1ccc(OC)nc1)c1cnn(CC)c1. The largest absolute Gasteiger partial charge is 0.481 e. The molecule has 21 heavy (non-hydrogen) atoms. The third-order valence-corrected chi connectivity index (χ3v) is 3.47. The number of pyridine rings is 1. The van der Waals surface area contributed by atoms with E-state index >= 15 is 0 Å². The van der Waals surface area contributed by atoms with E-state index in [-0.39, 0.29) is 6.04 Å². The number of nitrogens with one attached hydrogen (secondary N) is 1. The first-order valence-corrected chi connectivity index (χ1v) is 7.51. The number of aromatic nitrogens is 3. The maximum Gasteiger partial charge on any atom is 0.212 e. The number of rotatable bonds is 8. The molecule has 1 atom stereocenters. The molecule has 0 aliphatic rings. The Morgan fingerprint density at radius 1 is 1.29 bits per heavy atom. The molecule has 1 unspecified atom stereocenters. The minimum atomic E-state index is 0.264. The molecule has 2 heterocycles. The van der Waals surface area contributed by atoms with Crippen molar-refractivity contribution in [1.29, 1.82) is 0 Å². The van der Waals surface area contributed by atoms with Crippen molar-refractivity contribution in [3.63, 3.8) is 0 Å². The fraction of sp³-hybridized carbons (Fsp3) is 0.500. The third kappa shape index (κ3) is 4.29. The quantitative estimate of drug-likeness (QED) is 0.811. The van der Waals surface area contributed by atoms with Gasteiger partial charge in [0.25, 0.3) is 0 Å². The molecule has 0 radical (unpaired) electrons. The van der Waals surface area contributed by atoms with Crippen LogP contribution < -0.4 is 10.1 Å². The molecule has 0 aliphatic carbocycles. The lowest BCUT2D eigenvalue weighted by Crippen LogP contribution is -2.23. The average molecular weight is 288 g/mol. The molecule has 5 heteroatoms. The standard InChI is InChI=1S/C16H24N4O/c1-4-8-17-15(14-11-19-20(5-2)12-14)9-13-6-7-16(21-3)18-10-13/h6-7,10-12,15,17H,4-5,8-9H2,1-3H3. The summed E-state index contributed by atoms with van der Waals surface area (Å²) in [4.78, 5) is 4.27. The Bertz CT molecular complexity index is 535. The molecule has 0 amide bonds. The van der Waals surface area contributed by atoms with E-state index in [2.05, 4.69) is 41.5 Å². The summed E-state index contributed by atoms with van der Waals surface area (Å²) in [6.45, 7) is 6.16. The maximum absolute atomic E-state index is 5.10. The highest BCUT2D eigenvalue weighted by molar-refractivity contribution is 5.21. The van der Waals surface area contributed by atoms with Crippen molar-refractivity contribution in [2.75, 3.05) is 13.7 Å². The summed E-state index contributed by atoms with van der Waals surface area (Å²) >= 11 is 0. The van der Waals surface area contributed by atoms with Gasteiger partial charge in [0.2, 0.25) is 5.88 Å². The zero-order valence-corrected chi connectivity index (χ0v) is 13.0. The summed E-state index contributed by atoms with van der Waals surface area (Å²) in [5.74, 6) is 0.649. The van der Waals surface area contributed by atoms with Gasteiger partial charge in [0.15, 0.2) is 0 Å². The van der Waals surface area contributed by atoms with Crippen LogP contribution in [0, 0.1) is 0 Å². The monoisotopic (exact) mass is 288 g/mol. The molecular weight excluding hydrogens is 264 g/mol. The average Bonchev–Trinajstić information content (AvgIpc) is 3.01. The summed E-state index contributed by atoms with van der Waals surface area (Å²) in [7, 11) is 1.63. The van der Waals surface area contributed by atoms with Gasteiger partial charge in [0.1, 0.15) is 0 Å². The summed E-state index contributed by atoms with van der Waals surface area (Å²) < 4.78 is 7.06. The Kier molecular flexibility index (Phi) is 5.75. The molecule has 0 spiro atoms. The van der Waals surface area contributed by atoms with Crippen LogP contribution in [0.5, 0.6) is 5.88 Å². The smallest absolute Gasteiger partial charge is 0.212 e. The van der Waals surface area contributed by atoms with Crippen molar-refractivity contribution < 1.29 is 4.74 Å². The Morgan fingerprint density at radius 3 is 2.71 bits per heavy atom. The van der Waals surface area contributed by atoms with Crippen molar-refractivity contribution in [3.8, 4) is 5.88 Å². The number of nitrogens with zero attached hydrogens (tertiary/aromatic N) is 3. The predicted molar refractivity (Wildman–Crippen MR) is 83.4 cm³/mol. The molecule has 0 saturated carbocycles. The van der Waals surface area contributed by atoms with E-state index < -0.39 is 0 Å². The van der Waals surface area contributed by atoms with Gasteiger partial charge in [-0.25, -0.2) is 4.98 Å². The number of hydrogen-bond donors (Lipinski definition) is 1. The molecule has 114 valence electrons. The van der Waals surface area contributed by atoms with E-state index in [1.165, 1.54) is 11.1 Å². The van der Waals surface area contributed by atoms with Crippen LogP contribution in [0.1, 0.15) is 37.4 Å². The lowest BCUT2D eigenvalue weighted by atomic mass is 10.0. The summed E-state index contributed by atoms with van der Waals surface area (Å²) in [5.41, 5.74) is 2.41. The zero-order valence-electron chi connectivity index (χ0n) is 13.0. The van der Waals surface area contributed by atoms with E-state index in [0.29, 0.717) is 5.88 Å². The molecule has 0 aromatic carbocycles. The lowest BCUT2D eigenvalue weighted by molar-refractivity contribution is 0.397. The second-order valence-electron chi connectivity index (χ2n) is 5.05. The van der Waals surface area contributed by atoms with E-state index in [4.69, 9.17) is 4.74 Å². The zero-order chi connectivity index (χ0) is 15.1. The minimum Gasteiger partial charge on any atom is -0.481 e. The lowest BCUT2D eigenvalue weighted by Gasteiger charge is -2.17. The van der Waals surface area contributed by atoms with Crippen LogP contribution in [-0.2, 0) is 13.0 Å². The predicted octanol–water partition coefficient (Wildman–Crippen LogP) is 2.59. The molecule has 0 saturated heterocycles. The van der Waals surface area contributed by atoms with Gasteiger partial charge >= 0.3 is 0 Å². The number of hydrogen-bond acceptors (Lipinski definition) is 4. The highest BCUT2D eigenvalue weighted by Gasteiger charge is 2.14. The summed E-state index contributed by atoms with van der Waals surface area (Å²) in [5, 5.41) is 7.96. The second kappa shape index (κ2) is 7.78. The minimum absolute atomic E-state index is 0.264. The molecule has 0 fully saturated rings. The Balaban J connectivity index is 2.10.